The molecule has 1 aliphatic rings. The zero-order chi connectivity index (χ0) is 15.6. The van der Waals surface area contributed by atoms with Gasteiger partial charge >= 0.3 is 0 Å². The van der Waals surface area contributed by atoms with Crippen molar-refractivity contribution in [1.29, 1.82) is 0 Å². The van der Waals surface area contributed by atoms with Crippen LogP contribution in [0.5, 0.6) is 0 Å². The van der Waals surface area contributed by atoms with Gasteiger partial charge in [-0.3, -0.25) is 4.79 Å². The summed E-state index contributed by atoms with van der Waals surface area (Å²) in [5, 5.41) is 1.15. The Bertz CT molecular complexity index is 647. The van der Waals surface area contributed by atoms with E-state index in [1.165, 1.54) is 25.8 Å². The molecule has 3 rings (SSSR count). The first-order valence-electron chi connectivity index (χ1n) is 8.09. The van der Waals surface area contributed by atoms with Crippen LogP contribution < -0.4 is 0 Å². The van der Waals surface area contributed by atoms with Crippen molar-refractivity contribution >= 4 is 17.4 Å². The third-order valence-corrected chi connectivity index (χ3v) is 5.18. The minimum absolute atomic E-state index is 0.172. The Morgan fingerprint density at radius 2 is 2.18 bits per heavy atom. The number of hydrogen-bond acceptors (Lipinski definition) is 2. The molecule has 1 N–H and O–H groups in total. The number of piperidine rings is 1. The number of H-pyrrole nitrogens is 1. The average molecular weight is 301 g/mol. The fraction of sp³-hybridized carbons (Fsp3) is 0.500. The van der Waals surface area contributed by atoms with Gasteiger partial charge in [-0.1, -0.05) is 18.2 Å². The van der Waals surface area contributed by atoms with Gasteiger partial charge in [-0.05, 0) is 25.3 Å². The number of nitrogens with one attached hydrogen (secondary N) is 1. The lowest BCUT2D eigenvalue weighted by molar-refractivity contribution is -0.920. The number of fused-ring (bicyclic) bond motifs is 1. The highest BCUT2D eigenvalue weighted by Gasteiger charge is 2.34. The van der Waals surface area contributed by atoms with Gasteiger partial charge in [-0.25, -0.2) is 0 Å². The van der Waals surface area contributed by atoms with Crippen LogP contribution in [0.2, 0.25) is 0 Å². The molecule has 0 radical (unpaired) electrons. The number of aromatic nitrogens is 1. The number of carbonyl (C=O) groups is 1. The number of quaternary nitrogens is 1. The predicted molar refractivity (Wildman–Crippen MR) is 87.4 cm³/mol. The smallest absolute Gasteiger partial charge is 0.293 e. The van der Waals surface area contributed by atoms with E-state index in [2.05, 4.69) is 31.2 Å². The Morgan fingerprint density at radius 1 is 1.36 bits per heavy atom. The Morgan fingerprint density at radius 3 is 2.95 bits per heavy atom. The van der Waals surface area contributed by atoms with Crippen molar-refractivity contribution < 1.29 is 14.0 Å². The number of rotatable bonds is 5. The van der Waals surface area contributed by atoms with Crippen LogP contribution in [0.25, 0.3) is 10.9 Å². The standard InChI is InChI=1S/C18H25N2O2/c1-20(2)10-6-5-7-14(20)11-18(22-13-21)16-12-19-17-9-4-3-8-15(16)17/h3-4,8-9,12-14,18-19H,5-7,10-11H2,1-2H3/q+1. The maximum Gasteiger partial charge on any atom is 0.293 e. The zero-order valence-corrected chi connectivity index (χ0v) is 13.4. The second kappa shape index (κ2) is 6.13. The summed E-state index contributed by atoms with van der Waals surface area (Å²) in [6.45, 7) is 1.79. The molecule has 0 saturated carbocycles. The Kier molecular flexibility index (Phi) is 4.21. The third-order valence-electron chi connectivity index (χ3n) is 5.18. The van der Waals surface area contributed by atoms with Crippen LogP contribution in [0.3, 0.4) is 0 Å². The van der Waals surface area contributed by atoms with Crippen LogP contribution in [-0.4, -0.2) is 42.6 Å². The normalized spacial score (nSPS) is 22.4. The first-order chi connectivity index (χ1) is 10.6. The average Bonchev–Trinajstić information content (AvgIpc) is 2.92. The van der Waals surface area contributed by atoms with Crippen molar-refractivity contribution in [2.75, 3.05) is 20.6 Å². The molecule has 2 atom stereocenters. The maximum absolute atomic E-state index is 11.0. The van der Waals surface area contributed by atoms with E-state index in [9.17, 15) is 4.79 Å². The molecule has 22 heavy (non-hydrogen) atoms. The fourth-order valence-electron chi connectivity index (χ4n) is 3.76. The van der Waals surface area contributed by atoms with Gasteiger partial charge in [0.1, 0.15) is 6.10 Å². The quantitative estimate of drug-likeness (QED) is 0.679. The summed E-state index contributed by atoms with van der Waals surface area (Å²) in [4.78, 5) is 14.3. The molecular formula is C18H25N2O2+. The SMILES string of the molecule is C[N+]1(C)CCCCC1CC(OC=O)c1c[nH]c2ccccc12. The van der Waals surface area contributed by atoms with Gasteiger partial charge in [0.2, 0.25) is 0 Å². The molecule has 0 amide bonds. The summed E-state index contributed by atoms with van der Waals surface area (Å²) >= 11 is 0. The van der Waals surface area contributed by atoms with Gasteiger partial charge in [0.25, 0.3) is 6.47 Å². The van der Waals surface area contributed by atoms with E-state index >= 15 is 0 Å². The number of likely N-dealkylation sites (tertiary alicyclic amines) is 1. The van der Waals surface area contributed by atoms with Gasteiger partial charge in [0.15, 0.2) is 0 Å². The Labute approximate surface area is 131 Å². The number of para-hydroxylation sites is 1. The van der Waals surface area contributed by atoms with Crippen molar-refractivity contribution in [2.24, 2.45) is 0 Å². The van der Waals surface area contributed by atoms with E-state index in [-0.39, 0.29) is 6.10 Å². The highest BCUT2D eigenvalue weighted by Crippen LogP contribution is 2.34. The van der Waals surface area contributed by atoms with Crippen molar-refractivity contribution in [3.63, 3.8) is 0 Å². The summed E-state index contributed by atoms with van der Waals surface area (Å²) in [6, 6.07) is 8.71. The minimum Gasteiger partial charge on any atom is -0.459 e. The first kappa shape index (κ1) is 15.1. The number of aromatic amines is 1. The highest BCUT2D eigenvalue weighted by atomic mass is 16.5. The highest BCUT2D eigenvalue weighted by molar-refractivity contribution is 5.83. The van der Waals surface area contributed by atoms with Crippen molar-refractivity contribution in [2.45, 2.75) is 37.8 Å². The van der Waals surface area contributed by atoms with Crippen LogP contribution in [0.4, 0.5) is 0 Å². The number of carbonyl (C=O) groups excluding carboxylic acids is 1. The van der Waals surface area contributed by atoms with Gasteiger partial charge in [0.05, 0.1) is 26.7 Å². The summed E-state index contributed by atoms with van der Waals surface area (Å²) in [5.74, 6) is 0. The molecule has 1 aromatic heterocycles. The number of nitrogens with zero attached hydrogens (tertiary/aromatic N) is 1. The largest absolute Gasteiger partial charge is 0.459 e. The van der Waals surface area contributed by atoms with E-state index in [0.717, 1.165) is 27.4 Å². The zero-order valence-electron chi connectivity index (χ0n) is 13.4. The van der Waals surface area contributed by atoms with Crippen molar-refractivity contribution in [1.82, 2.24) is 4.98 Å². The van der Waals surface area contributed by atoms with Crippen LogP contribution in [0.15, 0.2) is 30.5 Å². The van der Waals surface area contributed by atoms with Crippen molar-refractivity contribution in [3.8, 4) is 0 Å². The van der Waals surface area contributed by atoms with E-state index in [0.29, 0.717) is 12.5 Å². The molecule has 4 nitrogen and oxygen atoms in total. The lowest BCUT2D eigenvalue weighted by atomic mass is 9.92. The molecule has 1 aliphatic heterocycles. The van der Waals surface area contributed by atoms with Crippen LogP contribution in [0.1, 0.15) is 37.4 Å². The number of ether oxygens (including phenoxy) is 1. The lowest BCUT2D eigenvalue weighted by Crippen LogP contribution is -2.52. The molecule has 0 bridgehead atoms. The fourth-order valence-corrected chi connectivity index (χ4v) is 3.76. The Hall–Kier alpha value is -1.81. The summed E-state index contributed by atoms with van der Waals surface area (Å²) < 4.78 is 6.49. The summed E-state index contributed by atoms with van der Waals surface area (Å²) in [5.41, 5.74) is 2.18. The van der Waals surface area contributed by atoms with Gasteiger partial charge < -0.3 is 14.2 Å². The third kappa shape index (κ3) is 2.88. The predicted octanol–water partition coefficient (Wildman–Crippen LogP) is 3.40. The van der Waals surface area contributed by atoms with E-state index in [4.69, 9.17) is 4.74 Å². The topological polar surface area (TPSA) is 42.1 Å². The second-order valence-electron chi connectivity index (χ2n) is 6.90. The molecule has 0 spiro atoms. The molecule has 1 saturated heterocycles. The molecule has 2 unspecified atom stereocenters. The minimum atomic E-state index is -0.172. The monoisotopic (exact) mass is 301 g/mol. The van der Waals surface area contributed by atoms with Gasteiger partial charge in [-0.2, -0.15) is 0 Å². The number of benzene rings is 1. The summed E-state index contributed by atoms with van der Waals surface area (Å²) in [6.07, 6.45) is 6.46. The van der Waals surface area contributed by atoms with Gasteiger partial charge in [-0.15, -0.1) is 0 Å². The van der Waals surface area contributed by atoms with Crippen LogP contribution >= 0.6 is 0 Å². The first-order valence-corrected chi connectivity index (χ1v) is 8.09. The molecule has 0 aliphatic carbocycles. The molecule has 1 fully saturated rings. The Balaban J connectivity index is 1.88. The van der Waals surface area contributed by atoms with Crippen molar-refractivity contribution in [3.05, 3.63) is 36.0 Å². The second-order valence-corrected chi connectivity index (χ2v) is 6.90. The molecular weight excluding hydrogens is 276 g/mol. The lowest BCUT2D eigenvalue weighted by Gasteiger charge is -2.42. The van der Waals surface area contributed by atoms with E-state index < -0.39 is 0 Å². The molecule has 2 heterocycles. The number of hydrogen-bond donors (Lipinski definition) is 1. The molecule has 118 valence electrons. The van der Waals surface area contributed by atoms with Crippen LogP contribution in [0, 0.1) is 0 Å². The van der Waals surface area contributed by atoms with Crippen LogP contribution in [-0.2, 0) is 9.53 Å². The molecule has 2 aromatic rings. The molecule has 4 heteroatoms. The molecule has 1 aromatic carbocycles. The van der Waals surface area contributed by atoms with Gasteiger partial charge in [0, 0.05) is 29.1 Å². The maximum atomic E-state index is 11.0. The van der Waals surface area contributed by atoms with E-state index in [1.54, 1.807) is 0 Å². The summed E-state index contributed by atoms with van der Waals surface area (Å²) in [7, 11) is 4.58. The van der Waals surface area contributed by atoms with E-state index in [1.807, 2.05) is 18.3 Å².